The minimum absolute atomic E-state index is 0.753. The van der Waals surface area contributed by atoms with Crippen LogP contribution < -0.4 is 0 Å². The summed E-state index contributed by atoms with van der Waals surface area (Å²) in [5, 5.41) is 0. The van der Waals surface area contributed by atoms with Crippen LogP contribution >= 0.6 is 0 Å². The van der Waals surface area contributed by atoms with Gasteiger partial charge in [-0.3, -0.25) is 9.80 Å². The molecule has 0 aromatic heterocycles. The molecular weight excluding hydrogens is 184 g/mol. The van der Waals surface area contributed by atoms with Crippen molar-refractivity contribution in [2.45, 2.75) is 58.0 Å². The van der Waals surface area contributed by atoms with Crippen molar-refractivity contribution in [1.29, 1.82) is 0 Å². The molecule has 2 atom stereocenters. The zero-order chi connectivity index (χ0) is 10.7. The third-order valence-electron chi connectivity index (χ3n) is 4.38. The van der Waals surface area contributed by atoms with Gasteiger partial charge in [-0.2, -0.15) is 0 Å². The number of rotatable bonds is 3. The summed E-state index contributed by atoms with van der Waals surface area (Å²) in [5.74, 6) is 0. The smallest absolute Gasteiger partial charge is 0.0220 e. The predicted octanol–water partition coefficient (Wildman–Crippen LogP) is 2.35. The number of hydrogen-bond acceptors (Lipinski definition) is 2. The van der Waals surface area contributed by atoms with Crippen LogP contribution in [0.5, 0.6) is 0 Å². The summed E-state index contributed by atoms with van der Waals surface area (Å²) >= 11 is 0. The highest BCUT2D eigenvalue weighted by Gasteiger charge is 2.28. The van der Waals surface area contributed by atoms with Gasteiger partial charge < -0.3 is 0 Å². The number of likely N-dealkylation sites (tertiary alicyclic amines) is 2. The lowest BCUT2D eigenvalue weighted by atomic mass is 10.0. The second-order valence-electron chi connectivity index (χ2n) is 5.32. The van der Waals surface area contributed by atoms with Crippen molar-refractivity contribution in [3.8, 4) is 0 Å². The molecule has 88 valence electrons. The first-order valence-corrected chi connectivity index (χ1v) is 6.77. The lowest BCUT2D eigenvalue weighted by molar-refractivity contribution is 0.0570. The van der Waals surface area contributed by atoms with E-state index < -0.39 is 0 Å². The molecule has 2 saturated heterocycles. The van der Waals surface area contributed by atoms with Gasteiger partial charge in [0.2, 0.25) is 0 Å². The highest BCUT2D eigenvalue weighted by molar-refractivity contribution is 4.85. The first-order chi connectivity index (χ1) is 7.29. The molecule has 2 fully saturated rings. The van der Waals surface area contributed by atoms with E-state index in [-0.39, 0.29) is 0 Å². The van der Waals surface area contributed by atoms with E-state index in [1.165, 1.54) is 58.3 Å². The molecule has 0 aromatic carbocycles. The van der Waals surface area contributed by atoms with Crippen LogP contribution in [0.1, 0.15) is 46.0 Å². The van der Waals surface area contributed by atoms with Gasteiger partial charge >= 0.3 is 0 Å². The van der Waals surface area contributed by atoms with Crippen LogP contribution in [-0.2, 0) is 0 Å². The fourth-order valence-electron chi connectivity index (χ4n) is 2.86. The average molecular weight is 210 g/mol. The topological polar surface area (TPSA) is 6.48 Å². The molecule has 0 bridgehead atoms. The van der Waals surface area contributed by atoms with Crippen LogP contribution in [0.25, 0.3) is 0 Å². The Kier molecular flexibility index (Phi) is 4.04. The maximum Gasteiger partial charge on any atom is 0.0220 e. The molecule has 0 saturated carbocycles. The standard InChI is InChI=1S/C13H26N2/c1-12(13(2)15-10-7-11-15)14-8-5-3-4-6-9-14/h12-13H,3-11H2,1-2H3. The average Bonchev–Trinajstić information content (AvgIpc) is 2.41. The molecular formula is C13H26N2. The normalized spacial score (nSPS) is 29.2. The molecule has 2 aliphatic heterocycles. The monoisotopic (exact) mass is 210 g/mol. The molecule has 2 nitrogen and oxygen atoms in total. The second kappa shape index (κ2) is 5.31. The van der Waals surface area contributed by atoms with Crippen LogP contribution in [0.15, 0.2) is 0 Å². The fraction of sp³-hybridized carbons (Fsp3) is 1.00. The third kappa shape index (κ3) is 2.73. The van der Waals surface area contributed by atoms with Crippen LogP contribution in [0.2, 0.25) is 0 Å². The number of nitrogens with zero attached hydrogens (tertiary/aromatic N) is 2. The Balaban J connectivity index is 1.83. The zero-order valence-electron chi connectivity index (χ0n) is 10.4. The van der Waals surface area contributed by atoms with Crippen molar-refractivity contribution < 1.29 is 0 Å². The van der Waals surface area contributed by atoms with Crippen LogP contribution in [0.4, 0.5) is 0 Å². The van der Waals surface area contributed by atoms with E-state index in [1.54, 1.807) is 0 Å². The van der Waals surface area contributed by atoms with E-state index in [0.29, 0.717) is 0 Å². The second-order valence-corrected chi connectivity index (χ2v) is 5.32. The first-order valence-electron chi connectivity index (χ1n) is 6.77. The van der Waals surface area contributed by atoms with Gasteiger partial charge in [-0.05, 0) is 59.3 Å². The molecule has 0 N–H and O–H groups in total. The summed E-state index contributed by atoms with van der Waals surface area (Å²) in [4.78, 5) is 5.35. The summed E-state index contributed by atoms with van der Waals surface area (Å²) in [6.07, 6.45) is 7.13. The molecule has 15 heavy (non-hydrogen) atoms. The summed E-state index contributed by atoms with van der Waals surface area (Å²) < 4.78 is 0. The largest absolute Gasteiger partial charge is 0.299 e. The van der Waals surface area contributed by atoms with Crippen molar-refractivity contribution in [1.82, 2.24) is 9.80 Å². The van der Waals surface area contributed by atoms with Gasteiger partial charge in [-0.15, -0.1) is 0 Å². The van der Waals surface area contributed by atoms with Gasteiger partial charge in [-0.1, -0.05) is 12.8 Å². The predicted molar refractivity (Wildman–Crippen MR) is 65.2 cm³/mol. The highest BCUT2D eigenvalue weighted by atomic mass is 15.3. The van der Waals surface area contributed by atoms with Gasteiger partial charge in [0.1, 0.15) is 0 Å². The summed E-state index contributed by atoms with van der Waals surface area (Å²) in [6.45, 7) is 10.2. The Hall–Kier alpha value is -0.0800. The summed E-state index contributed by atoms with van der Waals surface area (Å²) in [7, 11) is 0. The Morgan fingerprint density at radius 2 is 1.00 bits per heavy atom. The van der Waals surface area contributed by atoms with Crippen LogP contribution in [0, 0.1) is 0 Å². The maximum absolute atomic E-state index is 2.72. The van der Waals surface area contributed by atoms with Crippen molar-refractivity contribution in [2.75, 3.05) is 26.2 Å². The van der Waals surface area contributed by atoms with Gasteiger partial charge in [0, 0.05) is 12.1 Å². The summed E-state index contributed by atoms with van der Waals surface area (Å²) in [6, 6.07) is 1.51. The number of hydrogen-bond donors (Lipinski definition) is 0. The Morgan fingerprint density at radius 3 is 1.33 bits per heavy atom. The zero-order valence-corrected chi connectivity index (χ0v) is 10.4. The molecule has 0 aliphatic carbocycles. The molecule has 0 radical (unpaired) electrons. The molecule has 2 aliphatic rings. The Bertz CT molecular complexity index is 181. The molecule has 2 heteroatoms. The van der Waals surface area contributed by atoms with Crippen molar-refractivity contribution in [3.63, 3.8) is 0 Å². The molecule has 0 aromatic rings. The van der Waals surface area contributed by atoms with Crippen molar-refractivity contribution in [3.05, 3.63) is 0 Å². The molecule has 0 amide bonds. The first kappa shape index (κ1) is 11.4. The molecule has 2 rings (SSSR count). The molecule has 2 heterocycles. The van der Waals surface area contributed by atoms with Crippen LogP contribution in [-0.4, -0.2) is 48.1 Å². The Labute approximate surface area is 94.6 Å². The maximum atomic E-state index is 2.72. The molecule has 2 unspecified atom stereocenters. The minimum Gasteiger partial charge on any atom is -0.299 e. The van der Waals surface area contributed by atoms with Gasteiger partial charge in [0.05, 0.1) is 0 Å². The quantitative estimate of drug-likeness (QED) is 0.705. The van der Waals surface area contributed by atoms with Gasteiger partial charge in [0.15, 0.2) is 0 Å². The van der Waals surface area contributed by atoms with E-state index in [0.717, 1.165) is 12.1 Å². The lowest BCUT2D eigenvalue weighted by Gasteiger charge is -2.43. The van der Waals surface area contributed by atoms with E-state index in [1.807, 2.05) is 0 Å². The van der Waals surface area contributed by atoms with Gasteiger partial charge in [-0.25, -0.2) is 0 Å². The fourth-order valence-corrected chi connectivity index (χ4v) is 2.86. The van der Waals surface area contributed by atoms with Crippen molar-refractivity contribution in [2.24, 2.45) is 0 Å². The van der Waals surface area contributed by atoms with E-state index in [2.05, 4.69) is 23.6 Å². The Morgan fingerprint density at radius 1 is 0.600 bits per heavy atom. The van der Waals surface area contributed by atoms with E-state index in [9.17, 15) is 0 Å². The lowest BCUT2D eigenvalue weighted by Crippen LogP contribution is -2.53. The van der Waals surface area contributed by atoms with E-state index in [4.69, 9.17) is 0 Å². The van der Waals surface area contributed by atoms with Gasteiger partial charge in [0.25, 0.3) is 0 Å². The SMILES string of the molecule is CC(C(C)N1CCC1)N1CCCCCC1. The highest BCUT2D eigenvalue weighted by Crippen LogP contribution is 2.20. The van der Waals surface area contributed by atoms with Crippen LogP contribution in [0.3, 0.4) is 0 Å². The van der Waals surface area contributed by atoms with Crippen molar-refractivity contribution >= 4 is 0 Å². The third-order valence-corrected chi connectivity index (χ3v) is 4.38. The summed E-state index contributed by atoms with van der Waals surface area (Å²) in [5.41, 5.74) is 0. The molecule has 0 spiro atoms. The van der Waals surface area contributed by atoms with E-state index >= 15 is 0 Å². The minimum atomic E-state index is 0.753.